The number of aromatic hydroxyl groups is 1. The first kappa shape index (κ1) is 20.2. The minimum atomic E-state index is -0.623. The topological polar surface area (TPSA) is 56.7 Å². The second kappa shape index (κ2) is 9.46. The number of hydrogen-bond acceptors (Lipinski definition) is 2. The van der Waals surface area contributed by atoms with Crippen LogP contribution in [0.5, 0.6) is 5.75 Å². The highest BCUT2D eigenvalue weighted by molar-refractivity contribution is 14.0. The van der Waals surface area contributed by atoms with Crippen LogP contribution in [0.15, 0.2) is 41.4 Å². The molecule has 0 fully saturated rings. The van der Waals surface area contributed by atoms with Gasteiger partial charge in [0, 0.05) is 20.1 Å². The van der Waals surface area contributed by atoms with Crippen molar-refractivity contribution < 1.29 is 9.50 Å². The number of halogens is 2. The van der Waals surface area contributed by atoms with Crippen LogP contribution in [-0.4, -0.2) is 18.1 Å². The lowest BCUT2D eigenvalue weighted by molar-refractivity contribution is 0.431. The Bertz CT molecular complexity index is 719. The molecule has 0 aliphatic carbocycles. The molecular formula is C18H23FIN3O. The molecule has 0 aromatic heterocycles. The summed E-state index contributed by atoms with van der Waals surface area (Å²) in [5.74, 6) is -0.327. The standard InChI is InChI=1S/C18H22FN3O.HI/c1-12-4-6-15(13(2)8-12)11-22-18(20-3)21-10-14-5-7-17(23)16(19)9-14;/h4-9,23H,10-11H2,1-3H3,(H2,20,21,22);1H. The molecule has 0 aliphatic rings. The number of hydrogen-bond donors (Lipinski definition) is 3. The molecule has 0 atom stereocenters. The van der Waals surface area contributed by atoms with Gasteiger partial charge < -0.3 is 15.7 Å². The maximum atomic E-state index is 13.3. The molecular weight excluding hydrogens is 420 g/mol. The van der Waals surface area contributed by atoms with E-state index in [0.29, 0.717) is 19.0 Å². The van der Waals surface area contributed by atoms with Gasteiger partial charge in [0.2, 0.25) is 0 Å². The fraction of sp³-hybridized carbons (Fsp3) is 0.278. The highest BCUT2D eigenvalue weighted by Gasteiger charge is 2.04. The number of aliphatic imine (C=N–C) groups is 1. The van der Waals surface area contributed by atoms with Crippen molar-refractivity contribution >= 4 is 29.9 Å². The quantitative estimate of drug-likeness (QED) is 0.385. The zero-order valence-corrected chi connectivity index (χ0v) is 16.4. The van der Waals surface area contributed by atoms with Crippen LogP contribution >= 0.6 is 24.0 Å². The highest BCUT2D eigenvalue weighted by Crippen LogP contribution is 2.16. The molecule has 0 unspecified atom stereocenters. The molecule has 0 heterocycles. The van der Waals surface area contributed by atoms with Gasteiger partial charge in [-0.15, -0.1) is 24.0 Å². The van der Waals surface area contributed by atoms with E-state index in [-0.39, 0.29) is 29.7 Å². The number of aryl methyl sites for hydroxylation is 2. The Hall–Kier alpha value is -1.83. The first-order valence-corrected chi connectivity index (χ1v) is 7.47. The summed E-state index contributed by atoms with van der Waals surface area (Å²) in [6, 6.07) is 10.6. The molecule has 0 saturated heterocycles. The summed E-state index contributed by atoms with van der Waals surface area (Å²) in [5, 5.41) is 15.6. The molecule has 2 aromatic rings. The van der Waals surface area contributed by atoms with E-state index in [1.54, 1.807) is 13.1 Å². The maximum absolute atomic E-state index is 13.3. The largest absolute Gasteiger partial charge is 0.505 e. The first-order valence-electron chi connectivity index (χ1n) is 7.47. The summed E-state index contributed by atoms with van der Waals surface area (Å²) < 4.78 is 13.3. The van der Waals surface area contributed by atoms with E-state index in [2.05, 4.69) is 47.7 Å². The monoisotopic (exact) mass is 443 g/mol. The molecule has 6 heteroatoms. The van der Waals surface area contributed by atoms with E-state index in [9.17, 15) is 9.50 Å². The van der Waals surface area contributed by atoms with Crippen molar-refractivity contribution in [3.63, 3.8) is 0 Å². The molecule has 0 spiro atoms. The predicted octanol–water partition coefficient (Wildman–Crippen LogP) is 3.63. The SMILES string of the molecule is CN=C(NCc1ccc(O)c(F)c1)NCc1ccc(C)cc1C.I. The van der Waals surface area contributed by atoms with E-state index in [0.717, 1.165) is 5.56 Å². The summed E-state index contributed by atoms with van der Waals surface area (Å²) in [5.41, 5.74) is 4.40. The normalized spacial score (nSPS) is 10.9. The van der Waals surface area contributed by atoms with Gasteiger partial charge in [-0.05, 0) is 42.7 Å². The minimum Gasteiger partial charge on any atom is -0.505 e. The molecule has 0 amide bonds. The van der Waals surface area contributed by atoms with Crippen molar-refractivity contribution in [2.24, 2.45) is 4.99 Å². The fourth-order valence-corrected chi connectivity index (χ4v) is 2.29. The van der Waals surface area contributed by atoms with Crippen LogP contribution in [0.2, 0.25) is 0 Å². The summed E-state index contributed by atoms with van der Waals surface area (Å²) in [6.45, 7) is 5.24. The Labute approximate surface area is 159 Å². The van der Waals surface area contributed by atoms with Crippen molar-refractivity contribution in [3.8, 4) is 5.75 Å². The second-order valence-corrected chi connectivity index (χ2v) is 5.50. The predicted molar refractivity (Wildman–Crippen MR) is 106 cm³/mol. The van der Waals surface area contributed by atoms with Gasteiger partial charge in [0.05, 0.1) is 0 Å². The van der Waals surface area contributed by atoms with E-state index in [4.69, 9.17) is 0 Å². The van der Waals surface area contributed by atoms with Gasteiger partial charge in [0.1, 0.15) is 0 Å². The van der Waals surface area contributed by atoms with Crippen molar-refractivity contribution in [2.45, 2.75) is 26.9 Å². The third kappa shape index (κ3) is 5.67. The molecule has 4 nitrogen and oxygen atoms in total. The Morgan fingerprint density at radius 1 is 1.08 bits per heavy atom. The van der Waals surface area contributed by atoms with Crippen molar-refractivity contribution in [1.82, 2.24) is 10.6 Å². The Morgan fingerprint density at radius 2 is 1.79 bits per heavy atom. The number of nitrogens with zero attached hydrogens (tertiary/aromatic N) is 1. The fourth-order valence-electron chi connectivity index (χ4n) is 2.29. The lowest BCUT2D eigenvalue weighted by atomic mass is 10.1. The Balaban J connectivity index is 0.00000288. The summed E-state index contributed by atoms with van der Waals surface area (Å²) >= 11 is 0. The molecule has 3 N–H and O–H groups in total. The van der Waals surface area contributed by atoms with Crippen LogP contribution < -0.4 is 10.6 Å². The lowest BCUT2D eigenvalue weighted by Gasteiger charge is -2.13. The molecule has 24 heavy (non-hydrogen) atoms. The van der Waals surface area contributed by atoms with Gasteiger partial charge >= 0.3 is 0 Å². The Morgan fingerprint density at radius 3 is 2.42 bits per heavy atom. The maximum Gasteiger partial charge on any atom is 0.191 e. The average Bonchev–Trinajstić information content (AvgIpc) is 2.52. The summed E-state index contributed by atoms with van der Waals surface area (Å²) in [6.07, 6.45) is 0. The van der Waals surface area contributed by atoms with E-state index >= 15 is 0 Å². The van der Waals surface area contributed by atoms with Crippen molar-refractivity contribution in [3.05, 3.63) is 64.5 Å². The molecule has 130 valence electrons. The van der Waals surface area contributed by atoms with E-state index < -0.39 is 5.82 Å². The van der Waals surface area contributed by atoms with Crippen LogP contribution in [0.4, 0.5) is 4.39 Å². The minimum absolute atomic E-state index is 0. The lowest BCUT2D eigenvalue weighted by Crippen LogP contribution is -2.36. The zero-order valence-electron chi connectivity index (χ0n) is 14.1. The van der Waals surface area contributed by atoms with E-state index in [1.807, 2.05) is 0 Å². The first-order chi connectivity index (χ1) is 11.0. The molecule has 0 radical (unpaired) electrons. The molecule has 0 bridgehead atoms. The number of phenols is 1. The number of rotatable bonds is 4. The smallest absolute Gasteiger partial charge is 0.191 e. The summed E-state index contributed by atoms with van der Waals surface area (Å²) in [4.78, 5) is 4.16. The van der Waals surface area contributed by atoms with Gasteiger partial charge in [-0.3, -0.25) is 4.99 Å². The number of nitrogens with one attached hydrogen (secondary N) is 2. The van der Waals surface area contributed by atoms with Gasteiger partial charge in [0.25, 0.3) is 0 Å². The summed E-state index contributed by atoms with van der Waals surface area (Å²) in [7, 11) is 1.69. The van der Waals surface area contributed by atoms with Crippen molar-refractivity contribution in [2.75, 3.05) is 7.05 Å². The number of phenolic OH excluding ortho intramolecular Hbond substituents is 1. The van der Waals surface area contributed by atoms with Crippen LogP contribution in [0.1, 0.15) is 22.3 Å². The van der Waals surface area contributed by atoms with Crippen LogP contribution in [0.25, 0.3) is 0 Å². The zero-order chi connectivity index (χ0) is 16.8. The Kier molecular flexibility index (Phi) is 7.97. The van der Waals surface area contributed by atoms with Crippen LogP contribution in [0.3, 0.4) is 0 Å². The third-order valence-corrected chi connectivity index (χ3v) is 3.64. The van der Waals surface area contributed by atoms with Gasteiger partial charge in [0.15, 0.2) is 17.5 Å². The van der Waals surface area contributed by atoms with E-state index in [1.165, 1.54) is 28.8 Å². The average molecular weight is 443 g/mol. The highest BCUT2D eigenvalue weighted by atomic mass is 127. The molecule has 0 saturated carbocycles. The molecule has 2 rings (SSSR count). The molecule has 0 aliphatic heterocycles. The third-order valence-electron chi connectivity index (χ3n) is 3.64. The van der Waals surface area contributed by atoms with Gasteiger partial charge in [-0.2, -0.15) is 0 Å². The van der Waals surface area contributed by atoms with Crippen molar-refractivity contribution in [1.29, 1.82) is 0 Å². The van der Waals surface area contributed by atoms with Gasteiger partial charge in [-0.1, -0.05) is 29.8 Å². The number of benzene rings is 2. The van der Waals surface area contributed by atoms with Gasteiger partial charge in [-0.25, -0.2) is 4.39 Å². The number of guanidine groups is 1. The van der Waals surface area contributed by atoms with Crippen LogP contribution in [0, 0.1) is 19.7 Å². The molecule has 2 aromatic carbocycles. The van der Waals surface area contributed by atoms with Crippen LogP contribution in [-0.2, 0) is 13.1 Å². The second-order valence-electron chi connectivity index (χ2n) is 5.50.